The first-order valence-corrected chi connectivity index (χ1v) is 9.96. The number of rotatable bonds is 2. The van der Waals surface area contributed by atoms with E-state index in [-0.39, 0.29) is 41.7 Å². The molecule has 2 unspecified atom stereocenters. The van der Waals surface area contributed by atoms with E-state index in [9.17, 15) is 9.59 Å². The molecule has 0 radical (unpaired) electrons. The minimum atomic E-state index is -0.0618. The Balaban J connectivity index is 0.00000243. The van der Waals surface area contributed by atoms with Gasteiger partial charge in [-0.05, 0) is 37.5 Å². The fraction of sp³-hybridized carbons (Fsp3) is 0.895. The van der Waals surface area contributed by atoms with Gasteiger partial charge in [0, 0.05) is 38.3 Å². The van der Waals surface area contributed by atoms with Gasteiger partial charge in [-0.25, -0.2) is 4.79 Å². The largest absolute Gasteiger partial charge is 0.342 e. The SMILES string of the molecule is CC1(C)CN(C(=O)C2CCCN(C(=O)NC3CCCC3)C2)CCC1N.Cl. The first-order chi connectivity index (χ1) is 11.9. The first-order valence-electron chi connectivity index (χ1n) is 9.96. The number of nitrogens with zero attached hydrogens (tertiary/aromatic N) is 2. The van der Waals surface area contributed by atoms with Crippen molar-refractivity contribution in [2.45, 2.75) is 70.9 Å². The van der Waals surface area contributed by atoms with Gasteiger partial charge in [0.1, 0.15) is 0 Å². The minimum Gasteiger partial charge on any atom is -0.342 e. The number of urea groups is 1. The van der Waals surface area contributed by atoms with Crippen molar-refractivity contribution in [1.29, 1.82) is 0 Å². The van der Waals surface area contributed by atoms with E-state index in [1.54, 1.807) is 0 Å². The Bertz CT molecular complexity index is 508. The number of nitrogens with two attached hydrogens (primary N) is 1. The molecule has 2 saturated heterocycles. The summed E-state index contributed by atoms with van der Waals surface area (Å²) < 4.78 is 0. The van der Waals surface area contributed by atoms with Crippen LogP contribution in [0.5, 0.6) is 0 Å². The zero-order chi connectivity index (χ0) is 18.0. The Hall–Kier alpha value is -1.01. The molecule has 26 heavy (non-hydrogen) atoms. The van der Waals surface area contributed by atoms with Crippen molar-refractivity contribution >= 4 is 24.3 Å². The van der Waals surface area contributed by atoms with Gasteiger partial charge in [-0.1, -0.05) is 26.7 Å². The second-order valence-corrected chi connectivity index (χ2v) is 8.86. The number of hydrogen-bond donors (Lipinski definition) is 2. The number of likely N-dealkylation sites (tertiary alicyclic amines) is 2. The third-order valence-electron chi connectivity index (χ3n) is 6.36. The van der Waals surface area contributed by atoms with Crippen LogP contribution in [0.3, 0.4) is 0 Å². The highest BCUT2D eigenvalue weighted by molar-refractivity contribution is 5.85. The summed E-state index contributed by atoms with van der Waals surface area (Å²) in [5, 5.41) is 3.15. The highest BCUT2D eigenvalue weighted by atomic mass is 35.5. The van der Waals surface area contributed by atoms with Crippen LogP contribution in [0, 0.1) is 11.3 Å². The van der Waals surface area contributed by atoms with Crippen LogP contribution in [-0.4, -0.2) is 60.0 Å². The van der Waals surface area contributed by atoms with Gasteiger partial charge in [0.2, 0.25) is 5.91 Å². The van der Waals surface area contributed by atoms with Crippen LogP contribution >= 0.6 is 12.4 Å². The summed E-state index contributed by atoms with van der Waals surface area (Å²) in [5.41, 5.74) is 6.15. The maximum Gasteiger partial charge on any atom is 0.317 e. The monoisotopic (exact) mass is 386 g/mol. The fourth-order valence-corrected chi connectivity index (χ4v) is 4.52. The van der Waals surface area contributed by atoms with Crippen LogP contribution in [0.1, 0.15) is 58.8 Å². The average molecular weight is 387 g/mol. The molecule has 0 aromatic carbocycles. The molecule has 3 amide bonds. The van der Waals surface area contributed by atoms with E-state index in [1.165, 1.54) is 12.8 Å². The van der Waals surface area contributed by atoms with Crippen LogP contribution < -0.4 is 11.1 Å². The van der Waals surface area contributed by atoms with Gasteiger partial charge in [-0.15, -0.1) is 12.4 Å². The summed E-state index contributed by atoms with van der Waals surface area (Å²) in [7, 11) is 0. The lowest BCUT2D eigenvalue weighted by atomic mass is 9.79. The number of halogens is 1. The molecule has 0 spiro atoms. The molecule has 150 valence electrons. The fourth-order valence-electron chi connectivity index (χ4n) is 4.52. The Morgan fingerprint density at radius 1 is 1.00 bits per heavy atom. The third-order valence-corrected chi connectivity index (χ3v) is 6.36. The number of amides is 3. The molecule has 2 heterocycles. The highest BCUT2D eigenvalue weighted by Gasteiger charge is 2.38. The number of carbonyl (C=O) groups is 2. The van der Waals surface area contributed by atoms with Gasteiger partial charge in [-0.2, -0.15) is 0 Å². The molecule has 0 bridgehead atoms. The summed E-state index contributed by atoms with van der Waals surface area (Å²) in [5.74, 6) is 0.145. The second kappa shape index (κ2) is 8.79. The third kappa shape index (κ3) is 4.83. The maximum absolute atomic E-state index is 13.0. The summed E-state index contributed by atoms with van der Waals surface area (Å²) >= 11 is 0. The summed E-state index contributed by atoms with van der Waals surface area (Å²) in [6.07, 6.45) is 7.24. The summed E-state index contributed by atoms with van der Waals surface area (Å²) in [6, 6.07) is 0.495. The quantitative estimate of drug-likeness (QED) is 0.764. The number of piperidine rings is 2. The number of carbonyl (C=O) groups excluding carboxylic acids is 2. The van der Waals surface area contributed by atoms with E-state index >= 15 is 0 Å². The normalized spacial score (nSPS) is 29.2. The molecule has 2 atom stereocenters. The molecule has 1 aliphatic carbocycles. The molecular formula is C19H35ClN4O2. The van der Waals surface area contributed by atoms with Gasteiger partial charge in [0.15, 0.2) is 0 Å². The Morgan fingerprint density at radius 3 is 2.35 bits per heavy atom. The lowest BCUT2D eigenvalue weighted by Gasteiger charge is -2.44. The molecule has 3 N–H and O–H groups in total. The van der Waals surface area contributed by atoms with E-state index in [0.717, 1.165) is 51.7 Å². The van der Waals surface area contributed by atoms with Crippen LogP contribution in [0.2, 0.25) is 0 Å². The molecule has 3 aliphatic rings. The van der Waals surface area contributed by atoms with Gasteiger partial charge in [-0.3, -0.25) is 4.79 Å². The van der Waals surface area contributed by atoms with Gasteiger partial charge in [0.25, 0.3) is 0 Å². The molecule has 3 fully saturated rings. The van der Waals surface area contributed by atoms with E-state index in [4.69, 9.17) is 5.73 Å². The topological polar surface area (TPSA) is 78.7 Å². The van der Waals surface area contributed by atoms with E-state index in [2.05, 4.69) is 19.2 Å². The summed E-state index contributed by atoms with van der Waals surface area (Å²) in [6.45, 7) is 7.06. The van der Waals surface area contributed by atoms with Crippen LogP contribution in [0.15, 0.2) is 0 Å². The molecule has 7 heteroatoms. The predicted octanol–water partition coefficient (Wildman–Crippen LogP) is 2.36. The Kier molecular flexibility index (Phi) is 7.19. The van der Waals surface area contributed by atoms with Crippen LogP contribution in [-0.2, 0) is 4.79 Å². The van der Waals surface area contributed by atoms with Crippen molar-refractivity contribution in [3.05, 3.63) is 0 Å². The van der Waals surface area contributed by atoms with Crippen molar-refractivity contribution in [2.75, 3.05) is 26.2 Å². The zero-order valence-corrected chi connectivity index (χ0v) is 17.0. The van der Waals surface area contributed by atoms with E-state index < -0.39 is 0 Å². The van der Waals surface area contributed by atoms with Crippen molar-refractivity contribution < 1.29 is 9.59 Å². The number of hydrogen-bond acceptors (Lipinski definition) is 3. The van der Waals surface area contributed by atoms with Gasteiger partial charge in [0.05, 0.1) is 5.92 Å². The Morgan fingerprint density at radius 2 is 1.69 bits per heavy atom. The second-order valence-electron chi connectivity index (χ2n) is 8.86. The predicted molar refractivity (Wildman–Crippen MR) is 105 cm³/mol. The molecular weight excluding hydrogens is 352 g/mol. The smallest absolute Gasteiger partial charge is 0.317 e. The molecule has 0 aromatic heterocycles. The van der Waals surface area contributed by atoms with Crippen molar-refractivity contribution in [1.82, 2.24) is 15.1 Å². The van der Waals surface area contributed by atoms with Crippen molar-refractivity contribution in [3.8, 4) is 0 Å². The lowest BCUT2D eigenvalue weighted by Crippen LogP contribution is -2.57. The van der Waals surface area contributed by atoms with Crippen LogP contribution in [0.25, 0.3) is 0 Å². The standard InChI is InChI=1S/C19H34N4O2.ClH/c1-19(2)13-23(11-9-16(19)20)17(24)14-6-5-10-22(12-14)18(25)21-15-7-3-4-8-15;/h14-16H,3-13,20H2,1-2H3,(H,21,25);1H. The molecule has 0 aromatic rings. The first kappa shape index (κ1) is 21.3. The van der Waals surface area contributed by atoms with E-state index in [1.807, 2.05) is 9.80 Å². The zero-order valence-electron chi connectivity index (χ0n) is 16.2. The highest BCUT2D eigenvalue weighted by Crippen LogP contribution is 2.30. The minimum absolute atomic E-state index is 0. The van der Waals surface area contributed by atoms with Crippen LogP contribution in [0.4, 0.5) is 4.79 Å². The number of nitrogens with one attached hydrogen (secondary N) is 1. The lowest BCUT2D eigenvalue weighted by molar-refractivity contribution is -0.140. The molecule has 6 nitrogen and oxygen atoms in total. The summed E-state index contributed by atoms with van der Waals surface area (Å²) in [4.78, 5) is 29.3. The molecule has 3 rings (SSSR count). The van der Waals surface area contributed by atoms with Gasteiger partial charge >= 0.3 is 6.03 Å². The van der Waals surface area contributed by atoms with Crippen molar-refractivity contribution in [2.24, 2.45) is 17.1 Å². The maximum atomic E-state index is 13.0. The average Bonchev–Trinajstić information content (AvgIpc) is 3.09. The molecule has 2 aliphatic heterocycles. The Labute approximate surface area is 163 Å². The van der Waals surface area contributed by atoms with Crippen molar-refractivity contribution in [3.63, 3.8) is 0 Å². The van der Waals surface area contributed by atoms with Gasteiger partial charge < -0.3 is 20.9 Å². The van der Waals surface area contributed by atoms with E-state index in [0.29, 0.717) is 12.6 Å². The molecule has 1 saturated carbocycles.